The Bertz CT molecular complexity index is 721. The van der Waals surface area contributed by atoms with Crippen LogP contribution in [-0.2, 0) is 13.0 Å². The van der Waals surface area contributed by atoms with Gasteiger partial charge in [0, 0.05) is 22.6 Å². The Hall–Kier alpha value is -2.40. The smallest absolute Gasteiger partial charge is 0.136 e. The molecule has 0 spiro atoms. The first kappa shape index (κ1) is 17.0. The molecule has 5 heteroatoms. The summed E-state index contributed by atoms with van der Waals surface area (Å²) in [6.45, 7) is 3.61. The molecule has 2 aromatic carbocycles. The fraction of sp³-hybridized carbons (Fsp3) is 0.333. The Morgan fingerprint density at radius 1 is 0.957 bits per heavy atom. The third-order valence-corrected chi connectivity index (χ3v) is 3.83. The van der Waals surface area contributed by atoms with E-state index in [9.17, 15) is 5.11 Å². The molecule has 2 aromatic rings. The van der Waals surface area contributed by atoms with Gasteiger partial charge >= 0.3 is 0 Å². The molecule has 0 radical (unpaired) electrons. The second-order valence-corrected chi connectivity index (χ2v) is 4.93. The van der Waals surface area contributed by atoms with Crippen molar-refractivity contribution in [1.29, 1.82) is 0 Å². The highest BCUT2D eigenvalue weighted by molar-refractivity contribution is 6.01. The molecule has 0 heterocycles. The summed E-state index contributed by atoms with van der Waals surface area (Å²) in [5, 5.41) is 11.4. The summed E-state index contributed by atoms with van der Waals surface area (Å²) >= 11 is 0. The number of aliphatic hydroxyl groups excluding tert-OH is 1. The number of aliphatic hydroxyl groups is 1. The molecule has 1 N–H and O–H groups in total. The van der Waals surface area contributed by atoms with E-state index in [1.165, 1.54) is 0 Å². The monoisotopic (exact) mass is 318 g/mol. The normalized spacial score (nSPS) is 10.5. The predicted molar refractivity (Wildman–Crippen MR) is 90.0 cm³/mol. The first-order valence-electron chi connectivity index (χ1n) is 7.19. The van der Waals surface area contributed by atoms with Gasteiger partial charge in [0.25, 0.3) is 0 Å². The van der Waals surface area contributed by atoms with Gasteiger partial charge in [-0.1, -0.05) is 6.08 Å². The van der Waals surface area contributed by atoms with Gasteiger partial charge in [-0.05, 0) is 12.5 Å². The van der Waals surface area contributed by atoms with Crippen molar-refractivity contribution in [1.82, 2.24) is 0 Å². The Labute approximate surface area is 136 Å². The number of fused-ring (bicyclic) bond motifs is 1. The maximum Gasteiger partial charge on any atom is 0.136 e. The van der Waals surface area contributed by atoms with Crippen LogP contribution in [0.1, 0.15) is 11.1 Å². The van der Waals surface area contributed by atoms with Crippen molar-refractivity contribution in [3.8, 4) is 23.0 Å². The van der Waals surface area contributed by atoms with E-state index >= 15 is 0 Å². The molecule has 5 nitrogen and oxygen atoms in total. The Kier molecular flexibility index (Phi) is 5.34. The minimum Gasteiger partial charge on any atom is -0.497 e. The van der Waals surface area contributed by atoms with Crippen LogP contribution in [0.2, 0.25) is 0 Å². The fourth-order valence-electron chi connectivity index (χ4n) is 2.86. The summed E-state index contributed by atoms with van der Waals surface area (Å²) in [5.74, 6) is 2.46. The van der Waals surface area contributed by atoms with Crippen LogP contribution in [0.5, 0.6) is 23.0 Å². The van der Waals surface area contributed by atoms with Gasteiger partial charge in [-0.2, -0.15) is 0 Å². The van der Waals surface area contributed by atoms with E-state index in [1.54, 1.807) is 40.6 Å². The molecule has 0 amide bonds. The highest BCUT2D eigenvalue weighted by Gasteiger charge is 2.23. The number of methoxy groups -OCH3 is 4. The molecule has 0 bridgehead atoms. The molecule has 124 valence electrons. The molecule has 0 aliphatic heterocycles. The second kappa shape index (κ2) is 7.24. The van der Waals surface area contributed by atoms with E-state index in [-0.39, 0.29) is 6.61 Å². The van der Waals surface area contributed by atoms with Crippen LogP contribution in [0.4, 0.5) is 0 Å². The van der Waals surface area contributed by atoms with Gasteiger partial charge < -0.3 is 24.1 Å². The van der Waals surface area contributed by atoms with Gasteiger partial charge in [0.15, 0.2) is 0 Å². The lowest BCUT2D eigenvalue weighted by molar-refractivity contribution is 0.272. The van der Waals surface area contributed by atoms with Crippen molar-refractivity contribution in [2.45, 2.75) is 13.0 Å². The van der Waals surface area contributed by atoms with Crippen LogP contribution < -0.4 is 18.9 Å². The van der Waals surface area contributed by atoms with Crippen LogP contribution in [0.25, 0.3) is 10.8 Å². The first-order chi connectivity index (χ1) is 11.2. The molecule has 0 unspecified atom stereocenters. The van der Waals surface area contributed by atoms with Crippen LogP contribution >= 0.6 is 0 Å². The van der Waals surface area contributed by atoms with Gasteiger partial charge in [-0.3, -0.25) is 0 Å². The van der Waals surface area contributed by atoms with Gasteiger partial charge in [0.05, 0.1) is 40.4 Å². The number of hydrogen-bond acceptors (Lipinski definition) is 5. The van der Waals surface area contributed by atoms with Gasteiger partial charge in [0.1, 0.15) is 23.0 Å². The third-order valence-electron chi connectivity index (χ3n) is 3.83. The highest BCUT2D eigenvalue weighted by atomic mass is 16.5. The molecule has 0 aromatic heterocycles. The zero-order valence-corrected chi connectivity index (χ0v) is 13.9. The molecule has 23 heavy (non-hydrogen) atoms. The topological polar surface area (TPSA) is 57.2 Å². The molecule has 2 rings (SSSR count). The number of hydrogen-bond donors (Lipinski definition) is 1. The molecule has 0 atom stereocenters. The van der Waals surface area contributed by atoms with E-state index in [0.717, 1.165) is 16.3 Å². The summed E-state index contributed by atoms with van der Waals surface area (Å²) in [4.78, 5) is 0. The quantitative estimate of drug-likeness (QED) is 0.795. The molecule has 0 aliphatic carbocycles. The van der Waals surface area contributed by atoms with E-state index in [2.05, 4.69) is 6.58 Å². The van der Waals surface area contributed by atoms with Crippen LogP contribution in [0.3, 0.4) is 0 Å². The molecule has 0 saturated heterocycles. The average Bonchev–Trinajstić information content (AvgIpc) is 2.59. The van der Waals surface area contributed by atoms with Crippen molar-refractivity contribution in [2.75, 3.05) is 28.4 Å². The molecule has 0 fully saturated rings. The van der Waals surface area contributed by atoms with Crippen molar-refractivity contribution in [3.05, 3.63) is 35.9 Å². The van der Waals surface area contributed by atoms with Crippen LogP contribution in [0, 0.1) is 0 Å². The van der Waals surface area contributed by atoms with Gasteiger partial charge in [0.2, 0.25) is 0 Å². The predicted octanol–water partition coefficient (Wildman–Crippen LogP) is 3.10. The van der Waals surface area contributed by atoms with Crippen LogP contribution in [0.15, 0.2) is 24.8 Å². The SMILES string of the molecule is C=CCc1c(CO)c(OC)c2c(OC)cc(OC)cc2c1OC. The van der Waals surface area contributed by atoms with Crippen LogP contribution in [-0.4, -0.2) is 33.5 Å². The maximum atomic E-state index is 9.87. The summed E-state index contributed by atoms with van der Waals surface area (Å²) < 4.78 is 22.1. The van der Waals surface area contributed by atoms with Crippen molar-refractivity contribution in [2.24, 2.45) is 0 Å². The zero-order chi connectivity index (χ0) is 17.0. The summed E-state index contributed by atoms with van der Waals surface area (Å²) in [6, 6.07) is 3.64. The first-order valence-corrected chi connectivity index (χ1v) is 7.19. The minimum absolute atomic E-state index is 0.173. The largest absolute Gasteiger partial charge is 0.497 e. The third kappa shape index (κ3) is 2.80. The fourth-order valence-corrected chi connectivity index (χ4v) is 2.86. The molecule has 0 saturated carbocycles. The van der Waals surface area contributed by atoms with E-state index < -0.39 is 0 Å². The average molecular weight is 318 g/mol. The second-order valence-electron chi connectivity index (χ2n) is 4.93. The van der Waals surface area contributed by atoms with E-state index in [0.29, 0.717) is 35.0 Å². The number of allylic oxidation sites excluding steroid dienone is 1. The minimum atomic E-state index is -0.173. The van der Waals surface area contributed by atoms with E-state index in [1.807, 2.05) is 6.07 Å². The van der Waals surface area contributed by atoms with Gasteiger partial charge in [-0.15, -0.1) is 6.58 Å². The lowest BCUT2D eigenvalue weighted by atomic mass is 9.95. The molecular weight excluding hydrogens is 296 g/mol. The summed E-state index contributed by atoms with van der Waals surface area (Å²) in [7, 11) is 6.34. The Morgan fingerprint density at radius 2 is 1.65 bits per heavy atom. The van der Waals surface area contributed by atoms with Crippen molar-refractivity contribution in [3.63, 3.8) is 0 Å². The zero-order valence-electron chi connectivity index (χ0n) is 13.9. The number of rotatable bonds is 7. The van der Waals surface area contributed by atoms with Crippen molar-refractivity contribution < 1.29 is 24.1 Å². The highest BCUT2D eigenvalue weighted by Crippen LogP contribution is 2.47. The van der Waals surface area contributed by atoms with Gasteiger partial charge in [-0.25, -0.2) is 0 Å². The lowest BCUT2D eigenvalue weighted by Gasteiger charge is -2.21. The Balaban J connectivity index is 3.05. The summed E-state index contributed by atoms with van der Waals surface area (Å²) in [5.41, 5.74) is 1.50. The van der Waals surface area contributed by atoms with E-state index in [4.69, 9.17) is 18.9 Å². The molecule has 0 aliphatic rings. The maximum absolute atomic E-state index is 9.87. The standard InChI is InChI=1S/C18H22O5/c1-6-7-12-14(10-19)18(23-5)16-13(17(12)22-4)8-11(20-2)9-15(16)21-3/h6,8-9,19H,1,7,10H2,2-5H3. The number of benzene rings is 2. The lowest BCUT2D eigenvalue weighted by Crippen LogP contribution is -2.04. The molecular formula is C18H22O5. The van der Waals surface area contributed by atoms with Crippen molar-refractivity contribution >= 4 is 10.8 Å². The number of ether oxygens (including phenoxy) is 4. The summed E-state index contributed by atoms with van der Waals surface area (Å²) in [6.07, 6.45) is 2.31. The Morgan fingerprint density at radius 3 is 2.13 bits per heavy atom.